The van der Waals surface area contributed by atoms with E-state index in [1.165, 1.54) is 0 Å². The van der Waals surface area contributed by atoms with Gasteiger partial charge >= 0.3 is 0 Å². The molecule has 0 unspecified atom stereocenters. The predicted octanol–water partition coefficient (Wildman–Crippen LogP) is 4.37. The Hall–Kier alpha value is -0.880. The van der Waals surface area contributed by atoms with Crippen LogP contribution in [0, 0.1) is 2.88 Å². The van der Waals surface area contributed by atoms with E-state index in [0.717, 1.165) is 14.2 Å². The molecule has 1 heterocycles. The first kappa shape index (κ1) is 13.5. The third kappa shape index (κ3) is 3.32. The number of carbonyl (C=O) groups is 1. The smallest absolute Gasteiger partial charge is 0.194 e. The van der Waals surface area contributed by atoms with Gasteiger partial charge in [-0.15, -0.1) is 11.3 Å². The van der Waals surface area contributed by atoms with Crippen LogP contribution in [-0.4, -0.2) is 11.9 Å². The van der Waals surface area contributed by atoms with Gasteiger partial charge in [0.2, 0.25) is 0 Å². The van der Waals surface area contributed by atoms with E-state index in [-0.39, 0.29) is 11.9 Å². The van der Waals surface area contributed by atoms with Gasteiger partial charge in [0.05, 0.1) is 8.99 Å². The van der Waals surface area contributed by atoms with Crippen molar-refractivity contribution in [3.8, 4) is 5.75 Å². The highest BCUT2D eigenvalue weighted by atomic mass is 127. The molecule has 1 aromatic heterocycles. The van der Waals surface area contributed by atoms with Crippen molar-refractivity contribution in [2.75, 3.05) is 0 Å². The highest BCUT2D eigenvalue weighted by Gasteiger charge is 2.11. The Morgan fingerprint density at radius 1 is 1.28 bits per heavy atom. The molecule has 2 nitrogen and oxygen atoms in total. The van der Waals surface area contributed by atoms with E-state index in [1.807, 2.05) is 43.5 Å². The molecule has 0 saturated carbocycles. The molecule has 1 aromatic carbocycles. The van der Waals surface area contributed by atoms with Crippen LogP contribution >= 0.6 is 33.9 Å². The van der Waals surface area contributed by atoms with Crippen LogP contribution in [0.15, 0.2) is 35.7 Å². The Kier molecular flexibility index (Phi) is 4.40. The zero-order valence-electron chi connectivity index (χ0n) is 10.1. The standard InChI is InChI=1S/C14H13IO2S/c1-9(2)17-12-5-3-4-10(6-12)14(16)11-7-13(15)18-8-11/h3-9H,1-2H3. The van der Waals surface area contributed by atoms with E-state index in [1.54, 1.807) is 17.4 Å². The van der Waals surface area contributed by atoms with Crippen molar-refractivity contribution in [1.82, 2.24) is 0 Å². The number of ether oxygens (including phenoxy) is 1. The van der Waals surface area contributed by atoms with Crippen LogP contribution in [0.5, 0.6) is 5.75 Å². The Balaban J connectivity index is 2.25. The van der Waals surface area contributed by atoms with E-state index in [2.05, 4.69) is 22.6 Å². The lowest BCUT2D eigenvalue weighted by Crippen LogP contribution is -2.06. The minimum Gasteiger partial charge on any atom is -0.491 e. The second kappa shape index (κ2) is 5.84. The van der Waals surface area contributed by atoms with Crippen molar-refractivity contribution in [3.63, 3.8) is 0 Å². The summed E-state index contributed by atoms with van der Waals surface area (Å²) in [5, 5.41) is 1.89. The Bertz CT molecular complexity index is 560. The molecule has 0 fully saturated rings. The quantitative estimate of drug-likeness (QED) is 0.589. The minimum atomic E-state index is 0.0448. The van der Waals surface area contributed by atoms with E-state index in [9.17, 15) is 4.79 Å². The topological polar surface area (TPSA) is 26.3 Å². The summed E-state index contributed by atoms with van der Waals surface area (Å²) < 4.78 is 6.71. The number of ketones is 1. The van der Waals surface area contributed by atoms with Crippen LogP contribution in [0.25, 0.3) is 0 Å². The van der Waals surface area contributed by atoms with Crippen LogP contribution in [0.2, 0.25) is 0 Å². The molecular formula is C14H13IO2S. The molecule has 0 spiro atoms. The lowest BCUT2D eigenvalue weighted by Gasteiger charge is -2.10. The number of thiophene rings is 1. The van der Waals surface area contributed by atoms with Gasteiger partial charge in [-0.05, 0) is 54.6 Å². The zero-order valence-corrected chi connectivity index (χ0v) is 13.1. The summed E-state index contributed by atoms with van der Waals surface area (Å²) in [5.41, 5.74) is 1.41. The van der Waals surface area contributed by atoms with Crippen LogP contribution in [0.3, 0.4) is 0 Å². The second-order valence-corrected chi connectivity index (χ2v) is 6.97. The summed E-state index contributed by atoms with van der Waals surface area (Å²) >= 11 is 3.79. The third-order valence-electron chi connectivity index (χ3n) is 2.30. The lowest BCUT2D eigenvalue weighted by molar-refractivity contribution is 0.103. The van der Waals surface area contributed by atoms with Crippen molar-refractivity contribution in [1.29, 1.82) is 0 Å². The lowest BCUT2D eigenvalue weighted by atomic mass is 10.1. The van der Waals surface area contributed by atoms with Crippen molar-refractivity contribution in [2.24, 2.45) is 0 Å². The number of halogens is 1. The summed E-state index contributed by atoms with van der Waals surface area (Å²) in [5.74, 6) is 0.782. The van der Waals surface area contributed by atoms with Crippen LogP contribution in [-0.2, 0) is 0 Å². The van der Waals surface area contributed by atoms with Crippen molar-refractivity contribution in [3.05, 3.63) is 49.7 Å². The Morgan fingerprint density at radius 2 is 2.06 bits per heavy atom. The van der Waals surface area contributed by atoms with Gasteiger partial charge in [-0.2, -0.15) is 0 Å². The maximum Gasteiger partial charge on any atom is 0.194 e. The first-order chi connectivity index (χ1) is 8.56. The Labute approximate surface area is 124 Å². The molecule has 0 radical (unpaired) electrons. The van der Waals surface area contributed by atoms with E-state index < -0.39 is 0 Å². The first-order valence-corrected chi connectivity index (χ1v) is 7.57. The zero-order chi connectivity index (χ0) is 13.1. The summed E-state index contributed by atoms with van der Waals surface area (Å²) in [4.78, 5) is 12.2. The molecule has 0 amide bonds. The monoisotopic (exact) mass is 372 g/mol. The minimum absolute atomic E-state index is 0.0448. The molecule has 0 atom stereocenters. The summed E-state index contributed by atoms with van der Waals surface area (Å²) in [6.07, 6.45) is 0.109. The fourth-order valence-electron chi connectivity index (χ4n) is 1.58. The Morgan fingerprint density at radius 3 is 2.67 bits per heavy atom. The number of carbonyl (C=O) groups excluding carboxylic acids is 1. The average Bonchev–Trinajstić information content (AvgIpc) is 2.74. The highest BCUT2D eigenvalue weighted by molar-refractivity contribution is 14.1. The molecule has 2 rings (SSSR count). The predicted molar refractivity (Wildman–Crippen MR) is 82.7 cm³/mol. The molecule has 18 heavy (non-hydrogen) atoms. The molecule has 0 saturated heterocycles. The molecule has 2 aromatic rings. The maximum absolute atomic E-state index is 12.2. The van der Waals surface area contributed by atoms with Crippen LogP contribution in [0.1, 0.15) is 29.8 Å². The van der Waals surface area contributed by atoms with Crippen molar-refractivity contribution in [2.45, 2.75) is 20.0 Å². The van der Waals surface area contributed by atoms with Gasteiger partial charge in [0.15, 0.2) is 5.78 Å². The first-order valence-electron chi connectivity index (χ1n) is 5.61. The number of rotatable bonds is 4. The van der Waals surface area contributed by atoms with Crippen LogP contribution in [0.4, 0.5) is 0 Å². The van der Waals surface area contributed by atoms with Crippen molar-refractivity contribution < 1.29 is 9.53 Å². The number of hydrogen-bond acceptors (Lipinski definition) is 3. The molecule has 0 aliphatic carbocycles. The van der Waals surface area contributed by atoms with E-state index in [4.69, 9.17) is 4.74 Å². The normalized spacial score (nSPS) is 10.7. The van der Waals surface area contributed by atoms with Gasteiger partial charge in [-0.25, -0.2) is 0 Å². The summed E-state index contributed by atoms with van der Waals surface area (Å²) in [6.45, 7) is 3.94. The molecule has 0 N–H and O–H groups in total. The van der Waals surface area contributed by atoms with E-state index >= 15 is 0 Å². The van der Waals surface area contributed by atoms with Gasteiger partial charge in [-0.3, -0.25) is 4.79 Å². The maximum atomic E-state index is 12.2. The fraction of sp³-hybridized carbons (Fsp3) is 0.214. The number of benzene rings is 1. The molecule has 0 bridgehead atoms. The van der Waals surface area contributed by atoms with Gasteiger partial charge in [0.25, 0.3) is 0 Å². The van der Waals surface area contributed by atoms with Crippen molar-refractivity contribution >= 4 is 39.7 Å². The average molecular weight is 372 g/mol. The fourth-order valence-corrected chi connectivity index (χ4v) is 2.91. The molecule has 0 aliphatic rings. The highest BCUT2D eigenvalue weighted by Crippen LogP contribution is 2.22. The largest absolute Gasteiger partial charge is 0.491 e. The van der Waals surface area contributed by atoms with Gasteiger partial charge < -0.3 is 4.74 Å². The van der Waals surface area contributed by atoms with Gasteiger partial charge in [0.1, 0.15) is 5.75 Å². The van der Waals surface area contributed by atoms with Crippen LogP contribution < -0.4 is 4.74 Å². The molecule has 0 aliphatic heterocycles. The van der Waals surface area contributed by atoms with E-state index in [0.29, 0.717) is 5.56 Å². The summed E-state index contributed by atoms with van der Waals surface area (Å²) in [7, 11) is 0. The molecule has 4 heteroatoms. The third-order valence-corrected chi connectivity index (χ3v) is 4.09. The number of hydrogen-bond donors (Lipinski definition) is 0. The summed E-state index contributed by atoms with van der Waals surface area (Å²) in [6, 6.07) is 9.24. The second-order valence-electron chi connectivity index (χ2n) is 4.16. The van der Waals surface area contributed by atoms with Gasteiger partial charge in [0, 0.05) is 16.5 Å². The SMILES string of the molecule is CC(C)Oc1cccc(C(=O)c2csc(I)c2)c1. The molecule has 94 valence electrons. The van der Waals surface area contributed by atoms with Gasteiger partial charge in [-0.1, -0.05) is 12.1 Å². The molecular weight excluding hydrogens is 359 g/mol.